The summed E-state index contributed by atoms with van der Waals surface area (Å²) in [6.07, 6.45) is 0.102. The van der Waals surface area contributed by atoms with E-state index in [0.717, 1.165) is 12.0 Å². The van der Waals surface area contributed by atoms with Gasteiger partial charge < -0.3 is 15.2 Å². The number of hydrogen-bond donors (Lipinski definition) is 2. The molecule has 1 fully saturated rings. The van der Waals surface area contributed by atoms with Crippen molar-refractivity contribution in [3.63, 3.8) is 0 Å². The molecule has 3 unspecified atom stereocenters. The predicted molar refractivity (Wildman–Crippen MR) is 78.2 cm³/mol. The molecule has 0 aliphatic heterocycles. The highest BCUT2D eigenvalue weighted by Gasteiger charge is 2.44. The summed E-state index contributed by atoms with van der Waals surface area (Å²) in [7, 11) is 1.50. The summed E-state index contributed by atoms with van der Waals surface area (Å²) in [5, 5.41) is 13.4. The lowest BCUT2D eigenvalue weighted by atomic mass is 10.1. The zero-order valence-electron chi connectivity index (χ0n) is 11.1. The van der Waals surface area contributed by atoms with Gasteiger partial charge in [-0.25, -0.2) is 0 Å². The summed E-state index contributed by atoms with van der Waals surface area (Å²) in [4.78, 5) is 11.9. The third-order valence-electron chi connectivity index (χ3n) is 3.31. The van der Waals surface area contributed by atoms with Crippen LogP contribution in [0.1, 0.15) is 17.9 Å². The lowest BCUT2D eigenvalue weighted by Gasteiger charge is -2.10. The number of aliphatic hydroxyl groups excluding tert-OH is 1. The summed E-state index contributed by atoms with van der Waals surface area (Å²) in [5.74, 6) is 0.0336. The molecule has 0 spiro atoms. The normalized spacial score (nSPS) is 22.4. The number of ether oxygens (including phenoxy) is 1. The fourth-order valence-electron chi connectivity index (χ4n) is 2.24. The summed E-state index contributed by atoms with van der Waals surface area (Å²) in [5.41, 5.74) is 0.986. The van der Waals surface area contributed by atoms with Crippen LogP contribution in [0.3, 0.4) is 0 Å². The molecule has 4 nitrogen and oxygen atoms in total. The second-order valence-electron chi connectivity index (χ2n) is 5.01. The molecular formula is C14H17Cl2NO3. The van der Waals surface area contributed by atoms with Gasteiger partial charge in [0.2, 0.25) is 5.91 Å². The first-order valence-corrected chi connectivity index (χ1v) is 7.17. The molecule has 6 heteroatoms. The fraction of sp³-hybridized carbons (Fsp3) is 0.500. The highest BCUT2D eigenvalue weighted by molar-refractivity contribution is 6.34. The first-order chi connectivity index (χ1) is 9.51. The van der Waals surface area contributed by atoms with E-state index in [0.29, 0.717) is 10.0 Å². The van der Waals surface area contributed by atoms with Crippen molar-refractivity contribution in [3.8, 4) is 0 Å². The van der Waals surface area contributed by atoms with Gasteiger partial charge in [-0.15, -0.1) is 0 Å². The smallest absolute Gasteiger partial charge is 0.223 e. The van der Waals surface area contributed by atoms with Crippen LogP contribution in [0.5, 0.6) is 0 Å². The molecule has 0 bridgehead atoms. The van der Waals surface area contributed by atoms with Gasteiger partial charge in [-0.3, -0.25) is 4.79 Å². The number of carbonyl (C=O) groups excluding carboxylic acids is 1. The number of hydrogen-bond acceptors (Lipinski definition) is 3. The monoisotopic (exact) mass is 317 g/mol. The molecule has 2 rings (SSSR count). The fourth-order valence-corrected chi connectivity index (χ4v) is 2.79. The zero-order valence-corrected chi connectivity index (χ0v) is 12.6. The number of rotatable bonds is 6. The summed E-state index contributed by atoms with van der Waals surface area (Å²) in [6.45, 7) is 0.407. The number of methoxy groups -OCH3 is 1. The Hall–Kier alpha value is -0.810. The number of nitrogens with one attached hydrogen (secondary N) is 1. The van der Waals surface area contributed by atoms with Gasteiger partial charge in [0.25, 0.3) is 0 Å². The van der Waals surface area contributed by atoms with Crippen LogP contribution in [0.4, 0.5) is 0 Å². The Morgan fingerprint density at radius 1 is 1.45 bits per heavy atom. The van der Waals surface area contributed by atoms with E-state index in [2.05, 4.69) is 5.32 Å². The number of benzene rings is 1. The minimum Gasteiger partial charge on any atom is -0.389 e. The highest BCUT2D eigenvalue weighted by Crippen LogP contribution is 2.48. The number of amides is 1. The molecule has 2 N–H and O–H groups in total. The van der Waals surface area contributed by atoms with Crippen molar-refractivity contribution in [2.45, 2.75) is 18.4 Å². The molecular weight excluding hydrogens is 301 g/mol. The number of aliphatic hydroxyl groups is 1. The maximum absolute atomic E-state index is 11.9. The van der Waals surface area contributed by atoms with Gasteiger partial charge >= 0.3 is 0 Å². The van der Waals surface area contributed by atoms with Crippen molar-refractivity contribution in [2.75, 3.05) is 20.3 Å². The second kappa shape index (κ2) is 6.76. The van der Waals surface area contributed by atoms with Gasteiger partial charge in [0.1, 0.15) is 0 Å². The van der Waals surface area contributed by atoms with Gasteiger partial charge in [0.15, 0.2) is 0 Å². The Morgan fingerprint density at radius 3 is 2.70 bits per heavy atom. The largest absolute Gasteiger partial charge is 0.389 e. The van der Waals surface area contributed by atoms with Crippen LogP contribution < -0.4 is 5.32 Å². The molecule has 1 aromatic rings. The Kier molecular flexibility index (Phi) is 5.27. The van der Waals surface area contributed by atoms with E-state index in [4.69, 9.17) is 27.9 Å². The van der Waals surface area contributed by atoms with Crippen LogP contribution in [0.2, 0.25) is 10.0 Å². The van der Waals surface area contributed by atoms with Crippen LogP contribution >= 0.6 is 23.2 Å². The van der Waals surface area contributed by atoms with E-state index in [9.17, 15) is 9.90 Å². The van der Waals surface area contributed by atoms with Gasteiger partial charge in [-0.05, 0) is 36.1 Å². The third kappa shape index (κ3) is 4.09. The molecule has 0 radical (unpaired) electrons. The van der Waals surface area contributed by atoms with Gasteiger partial charge in [0, 0.05) is 29.6 Å². The molecule has 0 heterocycles. The second-order valence-corrected chi connectivity index (χ2v) is 5.88. The summed E-state index contributed by atoms with van der Waals surface area (Å²) >= 11 is 11.9. The maximum atomic E-state index is 11.9. The van der Waals surface area contributed by atoms with Crippen molar-refractivity contribution < 1.29 is 14.6 Å². The quantitative estimate of drug-likeness (QED) is 0.845. The topological polar surface area (TPSA) is 58.6 Å². The highest BCUT2D eigenvalue weighted by atomic mass is 35.5. The van der Waals surface area contributed by atoms with Crippen LogP contribution in [-0.4, -0.2) is 37.4 Å². The van der Waals surface area contributed by atoms with E-state index in [1.165, 1.54) is 7.11 Å². The van der Waals surface area contributed by atoms with E-state index in [1.54, 1.807) is 6.07 Å². The first kappa shape index (κ1) is 15.6. The lowest BCUT2D eigenvalue weighted by molar-refractivity contribution is -0.123. The molecule has 3 atom stereocenters. The predicted octanol–water partition coefficient (Wildman–Crippen LogP) is 2.22. The number of carbonyl (C=O) groups is 1. The van der Waals surface area contributed by atoms with E-state index < -0.39 is 6.10 Å². The van der Waals surface area contributed by atoms with E-state index >= 15 is 0 Å². The van der Waals surface area contributed by atoms with Crippen molar-refractivity contribution in [1.29, 1.82) is 0 Å². The summed E-state index contributed by atoms with van der Waals surface area (Å²) in [6, 6.07) is 5.35. The average Bonchev–Trinajstić information content (AvgIpc) is 3.15. The van der Waals surface area contributed by atoms with Gasteiger partial charge in [0.05, 0.1) is 12.7 Å². The summed E-state index contributed by atoms with van der Waals surface area (Å²) < 4.78 is 4.80. The first-order valence-electron chi connectivity index (χ1n) is 6.42. The van der Waals surface area contributed by atoms with Crippen LogP contribution in [0, 0.1) is 5.92 Å². The van der Waals surface area contributed by atoms with Crippen molar-refractivity contribution in [2.24, 2.45) is 5.92 Å². The molecule has 1 amide bonds. The van der Waals surface area contributed by atoms with Gasteiger partial charge in [-0.1, -0.05) is 23.2 Å². The van der Waals surface area contributed by atoms with Gasteiger partial charge in [-0.2, -0.15) is 0 Å². The van der Waals surface area contributed by atoms with E-state index in [-0.39, 0.29) is 30.9 Å². The van der Waals surface area contributed by atoms with Crippen LogP contribution in [0.25, 0.3) is 0 Å². The standard InChI is InChI=1S/C14H17Cl2NO3/c1-20-7-11(18)6-17-14(19)13-5-12(13)8-2-9(15)4-10(16)3-8/h2-4,11-13,18H,5-7H2,1H3,(H,17,19). The molecule has 1 saturated carbocycles. The molecule has 1 aliphatic carbocycles. The molecule has 0 saturated heterocycles. The van der Waals surface area contributed by atoms with Crippen LogP contribution in [-0.2, 0) is 9.53 Å². The molecule has 110 valence electrons. The Morgan fingerprint density at radius 2 is 2.10 bits per heavy atom. The molecule has 1 aliphatic rings. The third-order valence-corrected chi connectivity index (χ3v) is 3.75. The Bertz CT molecular complexity index is 475. The Labute approximate surface area is 128 Å². The average molecular weight is 318 g/mol. The molecule has 0 aromatic heterocycles. The zero-order chi connectivity index (χ0) is 14.7. The van der Waals surface area contributed by atoms with Crippen LogP contribution in [0.15, 0.2) is 18.2 Å². The SMILES string of the molecule is COCC(O)CNC(=O)C1CC1c1cc(Cl)cc(Cl)c1. The minimum atomic E-state index is -0.679. The minimum absolute atomic E-state index is 0.0544. The van der Waals surface area contributed by atoms with E-state index in [1.807, 2.05) is 12.1 Å². The van der Waals surface area contributed by atoms with Crippen molar-refractivity contribution in [1.82, 2.24) is 5.32 Å². The Balaban J connectivity index is 1.86. The molecule has 1 aromatic carbocycles. The van der Waals surface area contributed by atoms with Crippen molar-refractivity contribution in [3.05, 3.63) is 33.8 Å². The number of halogens is 2. The van der Waals surface area contributed by atoms with Crippen molar-refractivity contribution >= 4 is 29.1 Å². The molecule has 20 heavy (non-hydrogen) atoms. The lowest BCUT2D eigenvalue weighted by Crippen LogP contribution is -2.35. The maximum Gasteiger partial charge on any atom is 0.223 e.